The van der Waals surface area contributed by atoms with Gasteiger partial charge in [0.1, 0.15) is 5.75 Å². The lowest BCUT2D eigenvalue weighted by Gasteiger charge is -2.14. The minimum absolute atomic E-state index is 0.134. The van der Waals surface area contributed by atoms with Crippen LogP contribution in [0.3, 0.4) is 0 Å². The molecule has 0 atom stereocenters. The monoisotopic (exact) mass is 257 g/mol. The first-order chi connectivity index (χ1) is 7.95. The summed E-state index contributed by atoms with van der Waals surface area (Å²) in [5.74, 6) is -0.945. The van der Waals surface area contributed by atoms with Crippen LogP contribution in [0, 0.1) is 6.92 Å². The number of hydrogen-bond donors (Lipinski definition) is 1. The molecule has 0 radical (unpaired) electrons. The first-order valence-electron chi connectivity index (χ1n) is 5.16. The van der Waals surface area contributed by atoms with Gasteiger partial charge in [-0.2, -0.15) is 0 Å². The zero-order valence-electron chi connectivity index (χ0n) is 10.0. The van der Waals surface area contributed by atoms with Gasteiger partial charge in [-0.25, -0.2) is 4.79 Å². The largest absolute Gasteiger partial charge is 0.482 e. The van der Waals surface area contributed by atoms with Gasteiger partial charge < -0.3 is 14.7 Å². The van der Waals surface area contributed by atoms with Crippen molar-refractivity contribution in [1.82, 2.24) is 4.90 Å². The van der Waals surface area contributed by atoms with Crippen LogP contribution < -0.4 is 4.74 Å². The third-order valence-corrected chi connectivity index (χ3v) is 3.29. The Balaban J connectivity index is 2.69. The summed E-state index contributed by atoms with van der Waals surface area (Å²) in [6.45, 7) is 4.11. The molecule has 1 rings (SSSR count). The molecule has 0 fully saturated rings. The van der Waals surface area contributed by atoms with Crippen LogP contribution in [-0.4, -0.2) is 42.1 Å². The standard InChI is InChI=1S/C11H15NO4S/c1-4-12(3)9(13)6-16-8-5-7(2)17-10(8)11(14)15/h5H,4,6H2,1-3H3,(H,14,15). The van der Waals surface area contributed by atoms with Crippen molar-refractivity contribution in [2.45, 2.75) is 13.8 Å². The van der Waals surface area contributed by atoms with Crippen molar-refractivity contribution in [2.75, 3.05) is 20.2 Å². The molecule has 1 heterocycles. The number of carboxylic acids is 1. The number of carbonyl (C=O) groups excluding carboxylic acids is 1. The van der Waals surface area contributed by atoms with Gasteiger partial charge in [0.15, 0.2) is 11.5 Å². The highest BCUT2D eigenvalue weighted by molar-refractivity contribution is 7.14. The molecule has 0 aliphatic carbocycles. The summed E-state index contributed by atoms with van der Waals surface area (Å²) in [6, 6.07) is 1.63. The van der Waals surface area contributed by atoms with E-state index in [1.807, 2.05) is 6.92 Å². The zero-order chi connectivity index (χ0) is 13.0. The third kappa shape index (κ3) is 3.45. The second-order valence-corrected chi connectivity index (χ2v) is 4.81. The molecule has 94 valence electrons. The van der Waals surface area contributed by atoms with Crippen LogP contribution in [-0.2, 0) is 4.79 Å². The van der Waals surface area contributed by atoms with Gasteiger partial charge in [0.05, 0.1) is 0 Å². The van der Waals surface area contributed by atoms with E-state index < -0.39 is 5.97 Å². The summed E-state index contributed by atoms with van der Waals surface area (Å²) in [6.07, 6.45) is 0. The second-order valence-electron chi connectivity index (χ2n) is 3.55. The van der Waals surface area contributed by atoms with Crippen molar-refractivity contribution >= 4 is 23.2 Å². The molecule has 0 bridgehead atoms. The summed E-state index contributed by atoms with van der Waals surface area (Å²) in [5.41, 5.74) is 0. The maximum Gasteiger partial charge on any atom is 0.349 e. The molecular weight excluding hydrogens is 242 g/mol. The highest BCUT2D eigenvalue weighted by Gasteiger charge is 2.17. The summed E-state index contributed by atoms with van der Waals surface area (Å²) < 4.78 is 5.24. The Morgan fingerprint density at radius 2 is 2.18 bits per heavy atom. The van der Waals surface area contributed by atoms with Gasteiger partial charge in [0.2, 0.25) is 0 Å². The van der Waals surface area contributed by atoms with Gasteiger partial charge in [0.25, 0.3) is 5.91 Å². The molecule has 17 heavy (non-hydrogen) atoms. The lowest BCUT2D eigenvalue weighted by Crippen LogP contribution is -2.31. The number of amides is 1. The molecule has 0 unspecified atom stereocenters. The van der Waals surface area contributed by atoms with Crippen LogP contribution in [0.15, 0.2) is 6.07 Å². The SMILES string of the molecule is CCN(C)C(=O)COc1cc(C)sc1C(=O)O. The predicted octanol–water partition coefficient (Wildman–Crippen LogP) is 1.61. The number of nitrogens with zero attached hydrogens (tertiary/aromatic N) is 1. The predicted molar refractivity (Wildman–Crippen MR) is 64.8 cm³/mol. The topological polar surface area (TPSA) is 66.8 Å². The van der Waals surface area contributed by atoms with Crippen molar-refractivity contribution in [1.29, 1.82) is 0 Å². The van der Waals surface area contributed by atoms with E-state index in [9.17, 15) is 9.59 Å². The maximum atomic E-state index is 11.5. The molecule has 0 saturated heterocycles. The number of aryl methyl sites for hydroxylation is 1. The Morgan fingerprint density at radius 1 is 1.53 bits per heavy atom. The summed E-state index contributed by atoms with van der Waals surface area (Å²) in [5, 5.41) is 8.93. The van der Waals surface area contributed by atoms with E-state index in [1.165, 1.54) is 4.90 Å². The molecule has 0 aliphatic heterocycles. The van der Waals surface area contributed by atoms with Gasteiger partial charge in [-0.05, 0) is 19.9 Å². The molecule has 1 N–H and O–H groups in total. The second kappa shape index (κ2) is 5.67. The number of hydrogen-bond acceptors (Lipinski definition) is 4. The molecule has 1 amide bonds. The molecule has 0 aliphatic rings. The number of rotatable bonds is 5. The molecule has 5 nitrogen and oxygen atoms in total. The minimum Gasteiger partial charge on any atom is -0.482 e. The van der Waals surface area contributed by atoms with Crippen molar-refractivity contribution in [2.24, 2.45) is 0 Å². The fraction of sp³-hybridized carbons (Fsp3) is 0.455. The highest BCUT2D eigenvalue weighted by atomic mass is 32.1. The van der Waals surface area contributed by atoms with E-state index in [0.29, 0.717) is 6.54 Å². The summed E-state index contributed by atoms with van der Waals surface area (Å²) >= 11 is 1.14. The first kappa shape index (κ1) is 13.5. The van der Waals surface area contributed by atoms with Crippen molar-refractivity contribution in [3.63, 3.8) is 0 Å². The Morgan fingerprint density at radius 3 is 2.71 bits per heavy atom. The van der Waals surface area contributed by atoms with E-state index in [-0.39, 0.29) is 23.1 Å². The van der Waals surface area contributed by atoms with Gasteiger partial charge >= 0.3 is 5.97 Å². The maximum absolute atomic E-state index is 11.5. The number of aromatic carboxylic acids is 1. The smallest absolute Gasteiger partial charge is 0.349 e. The van der Waals surface area contributed by atoms with E-state index >= 15 is 0 Å². The number of ether oxygens (including phenoxy) is 1. The quantitative estimate of drug-likeness (QED) is 0.870. The van der Waals surface area contributed by atoms with Gasteiger partial charge in [-0.3, -0.25) is 4.79 Å². The normalized spacial score (nSPS) is 10.1. The zero-order valence-corrected chi connectivity index (χ0v) is 10.8. The number of carbonyl (C=O) groups is 2. The Labute approximate surface area is 104 Å². The Bertz CT molecular complexity index is 427. The Kier molecular flexibility index (Phi) is 4.51. The summed E-state index contributed by atoms with van der Waals surface area (Å²) in [4.78, 5) is 24.9. The molecule has 1 aromatic rings. The van der Waals surface area contributed by atoms with Crippen LogP contribution in [0.4, 0.5) is 0 Å². The van der Waals surface area contributed by atoms with Gasteiger partial charge in [0, 0.05) is 18.5 Å². The van der Waals surface area contributed by atoms with Gasteiger partial charge in [-0.15, -0.1) is 11.3 Å². The first-order valence-corrected chi connectivity index (χ1v) is 5.97. The number of thiophene rings is 1. The van der Waals surface area contributed by atoms with E-state index in [2.05, 4.69) is 0 Å². The van der Waals surface area contributed by atoms with Crippen molar-refractivity contribution in [3.8, 4) is 5.75 Å². The fourth-order valence-electron chi connectivity index (χ4n) is 1.17. The fourth-order valence-corrected chi connectivity index (χ4v) is 1.97. The molecule has 0 saturated carbocycles. The highest BCUT2D eigenvalue weighted by Crippen LogP contribution is 2.28. The average Bonchev–Trinajstić information content (AvgIpc) is 2.66. The van der Waals surface area contributed by atoms with Crippen LogP contribution in [0.2, 0.25) is 0 Å². The molecule has 6 heteroatoms. The van der Waals surface area contributed by atoms with E-state index in [0.717, 1.165) is 16.2 Å². The van der Waals surface area contributed by atoms with Crippen LogP contribution in [0.1, 0.15) is 21.5 Å². The Hall–Kier alpha value is -1.56. The number of likely N-dealkylation sites (N-methyl/N-ethyl adjacent to an activating group) is 1. The van der Waals surface area contributed by atoms with Crippen molar-refractivity contribution in [3.05, 3.63) is 15.8 Å². The average molecular weight is 257 g/mol. The van der Waals surface area contributed by atoms with E-state index in [4.69, 9.17) is 9.84 Å². The third-order valence-electron chi connectivity index (χ3n) is 2.27. The lowest BCUT2D eigenvalue weighted by atomic mass is 10.4. The molecule has 0 spiro atoms. The van der Waals surface area contributed by atoms with Crippen LogP contribution in [0.25, 0.3) is 0 Å². The summed E-state index contributed by atoms with van der Waals surface area (Å²) in [7, 11) is 1.67. The van der Waals surface area contributed by atoms with Crippen LogP contribution in [0.5, 0.6) is 5.75 Å². The molecule has 1 aromatic heterocycles. The molecule has 0 aromatic carbocycles. The number of carboxylic acid groups (broad SMARTS) is 1. The molecular formula is C11H15NO4S. The van der Waals surface area contributed by atoms with Crippen molar-refractivity contribution < 1.29 is 19.4 Å². The van der Waals surface area contributed by atoms with Gasteiger partial charge in [-0.1, -0.05) is 0 Å². The van der Waals surface area contributed by atoms with E-state index in [1.54, 1.807) is 20.0 Å². The minimum atomic E-state index is -1.03. The van der Waals surface area contributed by atoms with Crippen LogP contribution >= 0.6 is 11.3 Å². The lowest BCUT2D eigenvalue weighted by molar-refractivity contribution is -0.131.